The van der Waals surface area contributed by atoms with Crippen LogP contribution in [0.3, 0.4) is 0 Å². The van der Waals surface area contributed by atoms with E-state index in [0.717, 1.165) is 0 Å². The van der Waals surface area contributed by atoms with Gasteiger partial charge in [-0.05, 0) is 26.0 Å². The summed E-state index contributed by atoms with van der Waals surface area (Å²) in [5, 5.41) is 0.244. The second-order valence-corrected chi connectivity index (χ2v) is 5.89. The van der Waals surface area contributed by atoms with Gasteiger partial charge < -0.3 is 14.4 Å². The van der Waals surface area contributed by atoms with Crippen molar-refractivity contribution in [3.05, 3.63) is 28.0 Å². The van der Waals surface area contributed by atoms with Crippen LogP contribution >= 0.6 is 23.2 Å². The van der Waals surface area contributed by atoms with Crippen LogP contribution < -0.4 is 0 Å². The Morgan fingerprint density at radius 2 is 1.95 bits per heavy atom. The Labute approximate surface area is 138 Å². The normalized spacial score (nSPS) is 21.5. The van der Waals surface area contributed by atoms with Gasteiger partial charge in [-0.25, -0.2) is 9.78 Å². The maximum atomic E-state index is 12.1. The summed E-state index contributed by atoms with van der Waals surface area (Å²) < 4.78 is 10.5. The van der Waals surface area contributed by atoms with E-state index in [2.05, 4.69) is 4.98 Å². The van der Waals surface area contributed by atoms with Crippen LogP contribution in [0.25, 0.3) is 0 Å². The Hall–Kier alpha value is -1.37. The van der Waals surface area contributed by atoms with Crippen molar-refractivity contribution < 1.29 is 19.1 Å². The monoisotopic (exact) mass is 346 g/mol. The maximum Gasteiger partial charge on any atom is 0.359 e. The quantitative estimate of drug-likeness (QED) is 0.619. The van der Waals surface area contributed by atoms with E-state index in [4.69, 9.17) is 32.7 Å². The average molecular weight is 347 g/mol. The summed E-state index contributed by atoms with van der Waals surface area (Å²) in [6.07, 6.45) is -0.0973. The minimum Gasteiger partial charge on any atom is -0.451 e. The molecule has 0 radical (unpaired) electrons. The molecule has 1 aromatic heterocycles. The number of amides is 1. The molecule has 1 aliphatic rings. The highest BCUT2D eigenvalue weighted by Crippen LogP contribution is 2.18. The standard InChI is InChI=1S/C14H16Cl2N2O4/c1-8-5-18(6-9(2)22-8)12(19)7-21-14(20)13-10(15)3-4-11(16)17-13/h3-4,8-9H,5-7H2,1-2H3/t8-,9-/m1/s1. The van der Waals surface area contributed by atoms with Gasteiger partial charge in [-0.2, -0.15) is 0 Å². The topological polar surface area (TPSA) is 68.7 Å². The van der Waals surface area contributed by atoms with Crippen LogP contribution in [-0.2, 0) is 14.3 Å². The van der Waals surface area contributed by atoms with Crippen LogP contribution in [0.1, 0.15) is 24.3 Å². The Kier molecular flexibility index (Phi) is 5.61. The van der Waals surface area contributed by atoms with E-state index in [0.29, 0.717) is 13.1 Å². The molecule has 0 unspecified atom stereocenters. The second kappa shape index (κ2) is 7.26. The van der Waals surface area contributed by atoms with E-state index >= 15 is 0 Å². The minimum atomic E-state index is -0.782. The number of morpholine rings is 1. The Morgan fingerprint density at radius 3 is 2.59 bits per heavy atom. The molecule has 22 heavy (non-hydrogen) atoms. The molecule has 0 saturated carbocycles. The molecule has 0 bridgehead atoms. The molecule has 1 aromatic rings. The van der Waals surface area contributed by atoms with Crippen molar-refractivity contribution in [3.63, 3.8) is 0 Å². The first-order chi connectivity index (χ1) is 10.4. The Morgan fingerprint density at radius 1 is 1.32 bits per heavy atom. The summed E-state index contributed by atoms with van der Waals surface area (Å²) in [7, 11) is 0. The molecule has 0 spiro atoms. The van der Waals surface area contributed by atoms with Gasteiger partial charge >= 0.3 is 5.97 Å². The number of carbonyl (C=O) groups is 2. The van der Waals surface area contributed by atoms with Gasteiger partial charge in [0.05, 0.1) is 17.2 Å². The third-order valence-electron chi connectivity index (χ3n) is 3.10. The number of ether oxygens (including phenoxy) is 2. The van der Waals surface area contributed by atoms with E-state index in [1.165, 1.54) is 12.1 Å². The van der Waals surface area contributed by atoms with Crippen LogP contribution in [0.4, 0.5) is 0 Å². The first-order valence-electron chi connectivity index (χ1n) is 6.79. The van der Waals surface area contributed by atoms with Gasteiger partial charge in [-0.1, -0.05) is 23.2 Å². The van der Waals surface area contributed by atoms with Gasteiger partial charge in [-0.15, -0.1) is 0 Å². The van der Waals surface area contributed by atoms with E-state index in [1.54, 1.807) is 4.90 Å². The summed E-state index contributed by atoms with van der Waals surface area (Å²) in [5.41, 5.74) is -0.106. The third kappa shape index (κ3) is 4.32. The van der Waals surface area contributed by atoms with Crippen LogP contribution in [0.15, 0.2) is 12.1 Å². The smallest absolute Gasteiger partial charge is 0.359 e. The summed E-state index contributed by atoms with van der Waals surface area (Å²) in [4.78, 5) is 29.4. The lowest BCUT2D eigenvalue weighted by atomic mass is 10.2. The molecule has 1 fully saturated rings. The van der Waals surface area contributed by atoms with E-state index in [1.807, 2.05) is 13.8 Å². The number of esters is 1. The Balaban J connectivity index is 1.93. The molecule has 2 rings (SSSR count). The molecule has 2 atom stereocenters. The molecule has 0 aromatic carbocycles. The van der Waals surface area contributed by atoms with Gasteiger partial charge in [0.1, 0.15) is 5.15 Å². The minimum absolute atomic E-state index is 0.0487. The molecule has 120 valence electrons. The molecule has 1 aliphatic heterocycles. The molecule has 0 aliphatic carbocycles. The van der Waals surface area contributed by atoms with E-state index < -0.39 is 5.97 Å². The molecule has 8 heteroatoms. The number of hydrogen-bond donors (Lipinski definition) is 0. The molecular weight excluding hydrogens is 331 g/mol. The second-order valence-electron chi connectivity index (χ2n) is 5.10. The average Bonchev–Trinajstić information content (AvgIpc) is 2.45. The lowest BCUT2D eigenvalue weighted by Gasteiger charge is -2.35. The molecule has 1 amide bonds. The Bertz CT molecular complexity index is 572. The molecule has 0 N–H and O–H groups in total. The van der Waals surface area contributed by atoms with Crippen LogP contribution in [0.2, 0.25) is 10.2 Å². The third-order valence-corrected chi connectivity index (χ3v) is 3.62. The SMILES string of the molecule is C[C@@H]1CN(C(=O)COC(=O)c2nc(Cl)ccc2Cl)C[C@@H](C)O1. The van der Waals surface area contributed by atoms with E-state index in [9.17, 15) is 9.59 Å². The number of nitrogens with zero attached hydrogens (tertiary/aromatic N) is 2. The maximum absolute atomic E-state index is 12.1. The highest BCUT2D eigenvalue weighted by Gasteiger charge is 2.26. The fraction of sp³-hybridized carbons (Fsp3) is 0.500. The summed E-state index contributed by atoms with van der Waals surface area (Å²) in [6.45, 7) is 4.34. The number of halogens is 2. The predicted molar refractivity (Wildman–Crippen MR) is 81.1 cm³/mol. The number of rotatable bonds is 3. The molecule has 6 nitrogen and oxygen atoms in total. The molecule has 2 heterocycles. The highest BCUT2D eigenvalue weighted by molar-refractivity contribution is 6.34. The summed E-state index contributed by atoms with van der Waals surface area (Å²) >= 11 is 11.6. The molecule has 1 saturated heterocycles. The molecular formula is C14H16Cl2N2O4. The summed E-state index contributed by atoms with van der Waals surface area (Å²) in [5.74, 6) is -1.07. The van der Waals surface area contributed by atoms with Crippen molar-refractivity contribution in [1.82, 2.24) is 9.88 Å². The lowest BCUT2D eigenvalue weighted by molar-refractivity contribution is -0.146. The first-order valence-corrected chi connectivity index (χ1v) is 7.55. The zero-order valence-corrected chi connectivity index (χ0v) is 13.7. The number of pyridine rings is 1. The van der Waals surface area contributed by atoms with E-state index in [-0.39, 0.29) is 40.6 Å². The lowest BCUT2D eigenvalue weighted by Crippen LogP contribution is -2.49. The van der Waals surface area contributed by atoms with Crippen LogP contribution in [-0.4, -0.2) is 53.7 Å². The predicted octanol–water partition coefficient (Wildman–Crippen LogP) is 2.18. The van der Waals surface area contributed by atoms with Crippen molar-refractivity contribution >= 4 is 35.1 Å². The number of aromatic nitrogens is 1. The van der Waals surface area contributed by atoms with Crippen LogP contribution in [0, 0.1) is 0 Å². The number of hydrogen-bond acceptors (Lipinski definition) is 5. The highest BCUT2D eigenvalue weighted by atomic mass is 35.5. The van der Waals surface area contributed by atoms with Crippen LogP contribution in [0.5, 0.6) is 0 Å². The zero-order chi connectivity index (χ0) is 16.3. The van der Waals surface area contributed by atoms with Gasteiger partial charge in [0, 0.05) is 13.1 Å². The first kappa shape index (κ1) is 17.0. The number of carbonyl (C=O) groups excluding carboxylic acids is 2. The largest absolute Gasteiger partial charge is 0.451 e. The van der Waals surface area contributed by atoms with Gasteiger partial charge in [0.15, 0.2) is 12.3 Å². The fourth-order valence-corrected chi connectivity index (χ4v) is 2.56. The van der Waals surface area contributed by atoms with Crippen molar-refractivity contribution in [2.75, 3.05) is 19.7 Å². The van der Waals surface area contributed by atoms with Crippen molar-refractivity contribution in [3.8, 4) is 0 Å². The van der Waals surface area contributed by atoms with Gasteiger partial charge in [0.25, 0.3) is 5.91 Å². The van der Waals surface area contributed by atoms with Crippen molar-refractivity contribution in [2.45, 2.75) is 26.1 Å². The van der Waals surface area contributed by atoms with Gasteiger partial charge in [0.2, 0.25) is 0 Å². The fourth-order valence-electron chi connectivity index (χ4n) is 2.23. The zero-order valence-electron chi connectivity index (χ0n) is 12.2. The van der Waals surface area contributed by atoms with Crippen molar-refractivity contribution in [1.29, 1.82) is 0 Å². The van der Waals surface area contributed by atoms with Gasteiger partial charge in [-0.3, -0.25) is 4.79 Å². The van der Waals surface area contributed by atoms with Crippen molar-refractivity contribution in [2.24, 2.45) is 0 Å². The summed E-state index contributed by atoms with van der Waals surface area (Å²) in [6, 6.07) is 2.91.